The van der Waals surface area contributed by atoms with E-state index >= 15 is 0 Å². The molecule has 1 amide bonds. The van der Waals surface area contributed by atoms with Gasteiger partial charge >= 0.3 is 0 Å². The number of benzene rings is 2. The first-order valence-corrected chi connectivity index (χ1v) is 23.0. The zero-order chi connectivity index (χ0) is 41.9. The van der Waals surface area contributed by atoms with Crippen molar-refractivity contribution in [3.8, 4) is 11.5 Å². The van der Waals surface area contributed by atoms with Crippen molar-refractivity contribution in [3.63, 3.8) is 0 Å². The average Bonchev–Trinajstić information content (AvgIpc) is 3.68. The first kappa shape index (κ1) is 40.6. The van der Waals surface area contributed by atoms with Gasteiger partial charge in [0, 0.05) is 80.9 Å². The van der Waals surface area contributed by atoms with Crippen LogP contribution in [0, 0.1) is 32.3 Å². The third-order valence-electron chi connectivity index (χ3n) is 14.0. The number of amides is 1. The van der Waals surface area contributed by atoms with Crippen molar-refractivity contribution in [2.45, 2.75) is 89.9 Å². The predicted octanol–water partition coefficient (Wildman–Crippen LogP) is 8.56. The van der Waals surface area contributed by atoms with Crippen molar-refractivity contribution >= 4 is 38.3 Å². The molecule has 0 spiro atoms. The predicted molar refractivity (Wildman–Crippen MR) is 230 cm³/mol. The van der Waals surface area contributed by atoms with Gasteiger partial charge in [-0.25, -0.2) is 18.1 Å². The van der Waals surface area contributed by atoms with Gasteiger partial charge in [0.1, 0.15) is 17.1 Å². The number of rotatable bonds is 13. The highest BCUT2D eigenvalue weighted by Gasteiger charge is 2.66. The number of aromatic nitrogens is 2. The molecular weight excluding hydrogens is 781 g/mol. The van der Waals surface area contributed by atoms with E-state index in [0.29, 0.717) is 58.8 Å². The lowest BCUT2D eigenvalue weighted by molar-refractivity contribution is -0.385. The van der Waals surface area contributed by atoms with Crippen molar-refractivity contribution in [1.82, 2.24) is 19.6 Å². The third-order valence-corrected chi connectivity index (χ3v) is 15.4. The van der Waals surface area contributed by atoms with Crippen LogP contribution in [0.2, 0.25) is 0 Å². The number of nitro groups is 1. The van der Waals surface area contributed by atoms with Crippen LogP contribution in [0.3, 0.4) is 0 Å². The van der Waals surface area contributed by atoms with Gasteiger partial charge in [0.25, 0.3) is 21.6 Å². The number of carbonyl (C=O) groups is 1. The lowest BCUT2D eigenvalue weighted by Gasteiger charge is -2.72. The summed E-state index contributed by atoms with van der Waals surface area (Å²) in [4.78, 5) is 37.5. The molecule has 10 rings (SSSR count). The maximum atomic E-state index is 13.9. The fourth-order valence-corrected chi connectivity index (χ4v) is 11.9. The van der Waals surface area contributed by atoms with E-state index in [1.807, 2.05) is 12.1 Å². The van der Waals surface area contributed by atoms with Gasteiger partial charge in [0.2, 0.25) is 0 Å². The summed E-state index contributed by atoms with van der Waals surface area (Å²) in [5.41, 5.74) is 6.54. The Hall–Kier alpha value is -4.79. The second-order valence-corrected chi connectivity index (χ2v) is 20.9. The lowest BCUT2D eigenvalue weighted by Crippen LogP contribution is -2.61. The zero-order valence-corrected chi connectivity index (χ0v) is 35.7. The Bertz CT molecular complexity index is 2440. The molecule has 14 heteroatoms. The van der Waals surface area contributed by atoms with Crippen LogP contribution in [-0.2, 0) is 21.2 Å². The highest BCUT2D eigenvalue weighted by atomic mass is 32.2. The molecular formula is C46H56N6O7S. The number of carbonyl (C=O) groups excluding carboxylic acids is 1. The monoisotopic (exact) mass is 836 g/mol. The Morgan fingerprint density at radius 3 is 2.53 bits per heavy atom. The molecule has 2 bridgehead atoms. The number of nitrogens with zero attached hydrogens (tertiary/aromatic N) is 4. The number of sulfonamides is 1. The van der Waals surface area contributed by atoms with Crippen LogP contribution in [0.4, 0.5) is 11.4 Å². The molecule has 5 fully saturated rings. The largest absolute Gasteiger partial charge is 0.455 e. The normalized spacial score (nSPS) is 24.5. The maximum absolute atomic E-state index is 13.9. The Morgan fingerprint density at radius 1 is 1.03 bits per heavy atom. The van der Waals surface area contributed by atoms with Crippen LogP contribution in [0.15, 0.2) is 77.0 Å². The number of hydrogen-bond donors (Lipinski definition) is 2. The van der Waals surface area contributed by atoms with Crippen molar-refractivity contribution in [2.75, 3.05) is 50.8 Å². The number of aryl methyl sites for hydroxylation is 1. The first-order chi connectivity index (χ1) is 28.7. The molecule has 2 aliphatic heterocycles. The van der Waals surface area contributed by atoms with E-state index in [9.17, 15) is 23.3 Å². The molecule has 4 aliphatic carbocycles. The van der Waals surface area contributed by atoms with Crippen LogP contribution >= 0.6 is 0 Å². The highest BCUT2D eigenvalue weighted by Crippen LogP contribution is 2.77. The number of nitro benzene ring substituents is 1. The van der Waals surface area contributed by atoms with E-state index in [2.05, 4.69) is 45.3 Å². The number of piperazine rings is 1. The molecule has 4 aromatic rings. The summed E-state index contributed by atoms with van der Waals surface area (Å²) in [6, 6.07) is 12.7. The minimum Gasteiger partial charge on any atom is -0.455 e. The molecule has 6 aliphatic rings. The van der Waals surface area contributed by atoms with E-state index in [-0.39, 0.29) is 21.9 Å². The van der Waals surface area contributed by atoms with E-state index < -0.39 is 20.9 Å². The summed E-state index contributed by atoms with van der Waals surface area (Å²) in [7, 11) is -4.51. The van der Waals surface area contributed by atoms with Gasteiger partial charge in [-0.2, -0.15) is 0 Å². The summed E-state index contributed by atoms with van der Waals surface area (Å²) in [5, 5.41) is 12.9. The molecule has 3 saturated carbocycles. The van der Waals surface area contributed by atoms with Crippen LogP contribution in [0.5, 0.6) is 11.5 Å². The quantitative estimate of drug-likeness (QED) is 0.0759. The lowest BCUT2D eigenvalue weighted by atomic mass is 9.33. The highest BCUT2D eigenvalue weighted by molar-refractivity contribution is 7.90. The molecule has 13 nitrogen and oxygen atoms in total. The van der Waals surface area contributed by atoms with Crippen molar-refractivity contribution < 1.29 is 27.6 Å². The molecule has 2 N–H and O–H groups in total. The average molecular weight is 837 g/mol. The van der Waals surface area contributed by atoms with Gasteiger partial charge in [0.05, 0.1) is 21.6 Å². The molecule has 2 saturated heterocycles. The summed E-state index contributed by atoms with van der Waals surface area (Å²) >= 11 is 0. The minimum absolute atomic E-state index is 0.000130. The van der Waals surface area contributed by atoms with Gasteiger partial charge in [-0.3, -0.25) is 19.8 Å². The standard InChI is InChI=1S/C46H56N6O7S/c1-44(2)14-10-34(39(25-44)46-28-45(3,29-46)30-46)27-50-16-18-51(19-17-50)35-7-9-38(41(23-35)59-36-22-33-11-15-47-42(33)48-26-36)43(53)49-60(56,57)37-8-6-32(40(24-37)52(54)55)5-4-31-12-20-58-21-13-31/h6-9,11,15,22-24,26,31H,4-5,10,12-14,16-21,25,27-30H2,1-3H3,(H,47,48)(H,49,53). The summed E-state index contributed by atoms with van der Waals surface area (Å²) in [6.07, 6.45) is 14.0. The van der Waals surface area contributed by atoms with Gasteiger partial charge in [-0.05, 0) is 117 Å². The number of ether oxygens (including phenoxy) is 2. The molecule has 4 heterocycles. The number of aromatic amines is 1. The van der Waals surface area contributed by atoms with Crippen LogP contribution in [0.25, 0.3) is 11.0 Å². The van der Waals surface area contributed by atoms with Gasteiger partial charge < -0.3 is 19.4 Å². The van der Waals surface area contributed by atoms with Crippen LogP contribution in [-0.4, -0.2) is 80.1 Å². The molecule has 318 valence electrons. The summed E-state index contributed by atoms with van der Waals surface area (Å²) in [6.45, 7) is 13.1. The first-order valence-electron chi connectivity index (χ1n) is 21.5. The van der Waals surface area contributed by atoms with Gasteiger partial charge in [-0.1, -0.05) is 38.0 Å². The van der Waals surface area contributed by atoms with Crippen molar-refractivity contribution in [1.29, 1.82) is 0 Å². The topological polar surface area (TPSA) is 160 Å². The Balaban J connectivity index is 0.922. The van der Waals surface area contributed by atoms with Crippen molar-refractivity contribution in [3.05, 3.63) is 93.3 Å². The zero-order valence-electron chi connectivity index (χ0n) is 34.9. The molecule has 0 atom stereocenters. The summed E-state index contributed by atoms with van der Waals surface area (Å²) < 4.78 is 41.3. The number of H-pyrrole nitrogens is 1. The molecule has 60 heavy (non-hydrogen) atoms. The third kappa shape index (κ3) is 8.17. The number of anilines is 1. The number of pyridine rings is 1. The van der Waals surface area contributed by atoms with E-state index in [1.165, 1.54) is 50.7 Å². The number of hydrogen-bond acceptors (Lipinski definition) is 10. The number of nitrogens with one attached hydrogen (secondary N) is 2. The smallest absolute Gasteiger partial charge is 0.273 e. The van der Waals surface area contributed by atoms with Crippen LogP contribution in [0.1, 0.15) is 94.5 Å². The second kappa shape index (κ2) is 15.6. The van der Waals surface area contributed by atoms with E-state index in [0.717, 1.165) is 69.1 Å². The Kier molecular flexibility index (Phi) is 10.6. The van der Waals surface area contributed by atoms with Crippen molar-refractivity contribution in [2.24, 2.45) is 22.2 Å². The number of fused-ring (bicyclic) bond motifs is 1. The Morgan fingerprint density at radius 2 is 1.80 bits per heavy atom. The molecule has 2 aromatic heterocycles. The van der Waals surface area contributed by atoms with E-state index in [1.54, 1.807) is 41.7 Å². The summed E-state index contributed by atoms with van der Waals surface area (Å²) in [5.74, 6) is 0.0250. The second-order valence-electron chi connectivity index (χ2n) is 19.3. The fourth-order valence-electron chi connectivity index (χ4n) is 10.9. The van der Waals surface area contributed by atoms with Gasteiger partial charge in [-0.15, -0.1) is 0 Å². The molecule has 0 unspecified atom stereocenters. The minimum atomic E-state index is -4.51. The van der Waals surface area contributed by atoms with Crippen LogP contribution < -0.4 is 14.4 Å². The molecule has 0 radical (unpaired) electrons. The Labute approximate surface area is 352 Å². The SMILES string of the molecule is CC1(C)CCC(CN2CCN(c3ccc(C(=O)NS(=O)(=O)c4ccc(CCC5CCOCC5)c([N+](=O)[O-])c4)c(Oc4cnc5[nH]ccc5c4)c3)CC2)=C(C23CC(C)(C2)C3)C1. The van der Waals surface area contributed by atoms with E-state index in [4.69, 9.17) is 9.47 Å². The van der Waals surface area contributed by atoms with Gasteiger partial charge in [0.15, 0.2) is 0 Å². The molecule has 2 aromatic carbocycles. The maximum Gasteiger partial charge on any atom is 0.273 e. The number of allylic oxidation sites excluding steroid dienone is 1. The fraction of sp³-hybridized carbons (Fsp3) is 0.522.